The van der Waals surface area contributed by atoms with E-state index >= 15 is 0 Å². The first-order valence-corrected chi connectivity index (χ1v) is 8.90. The summed E-state index contributed by atoms with van der Waals surface area (Å²) in [5, 5.41) is 3.95. The zero-order valence-electron chi connectivity index (χ0n) is 14.9. The lowest BCUT2D eigenvalue weighted by molar-refractivity contribution is -0.125. The number of hydrazone groups is 1. The van der Waals surface area contributed by atoms with Crippen LogP contribution in [0.4, 0.5) is 5.69 Å². The topological polar surface area (TPSA) is 61.8 Å². The second-order valence-electron chi connectivity index (χ2n) is 6.48. The van der Waals surface area contributed by atoms with Gasteiger partial charge in [0.05, 0.1) is 6.21 Å². The second kappa shape index (κ2) is 8.43. The summed E-state index contributed by atoms with van der Waals surface area (Å²) in [5.74, 6) is -0.276. The highest BCUT2D eigenvalue weighted by molar-refractivity contribution is 5.96. The molecule has 5 heteroatoms. The third-order valence-corrected chi connectivity index (χ3v) is 4.46. The Balaban J connectivity index is 1.49. The van der Waals surface area contributed by atoms with Crippen LogP contribution in [0.2, 0.25) is 0 Å². The highest BCUT2D eigenvalue weighted by Gasteiger charge is 2.22. The van der Waals surface area contributed by atoms with Crippen molar-refractivity contribution in [3.8, 4) is 0 Å². The molecule has 3 rings (SSSR count). The van der Waals surface area contributed by atoms with Crippen molar-refractivity contribution < 1.29 is 9.59 Å². The normalized spacial score (nSPS) is 13.5. The van der Waals surface area contributed by atoms with Gasteiger partial charge >= 0.3 is 0 Å². The highest BCUT2D eigenvalue weighted by atomic mass is 16.2. The van der Waals surface area contributed by atoms with Gasteiger partial charge in [0.15, 0.2) is 0 Å². The van der Waals surface area contributed by atoms with Crippen molar-refractivity contribution in [2.24, 2.45) is 5.10 Å². The number of rotatable bonds is 5. The molecule has 134 valence electrons. The quantitative estimate of drug-likeness (QED) is 0.665. The van der Waals surface area contributed by atoms with Gasteiger partial charge in [-0.25, -0.2) is 5.43 Å². The summed E-state index contributed by atoms with van der Waals surface area (Å²) in [6.45, 7) is 2.73. The van der Waals surface area contributed by atoms with Gasteiger partial charge in [-0.1, -0.05) is 48.0 Å². The summed E-state index contributed by atoms with van der Waals surface area (Å²) >= 11 is 0. The predicted molar refractivity (Wildman–Crippen MR) is 103 cm³/mol. The van der Waals surface area contributed by atoms with Crippen LogP contribution in [0.15, 0.2) is 53.6 Å². The fraction of sp³-hybridized carbons (Fsp3) is 0.286. The van der Waals surface area contributed by atoms with Gasteiger partial charge in [-0.05, 0) is 37.0 Å². The van der Waals surface area contributed by atoms with E-state index in [2.05, 4.69) is 16.6 Å². The number of fused-ring (bicyclic) bond motifs is 1. The van der Waals surface area contributed by atoms with E-state index in [0.717, 1.165) is 24.1 Å². The van der Waals surface area contributed by atoms with Crippen LogP contribution < -0.4 is 10.3 Å². The van der Waals surface area contributed by atoms with Gasteiger partial charge in [0.25, 0.3) is 0 Å². The van der Waals surface area contributed by atoms with Crippen LogP contribution in [0.3, 0.4) is 0 Å². The van der Waals surface area contributed by atoms with Crippen molar-refractivity contribution in [1.82, 2.24) is 5.43 Å². The van der Waals surface area contributed by atoms with Gasteiger partial charge in [0.1, 0.15) is 0 Å². The minimum absolute atomic E-state index is 0.0187. The number of amides is 2. The molecule has 1 aliphatic heterocycles. The van der Waals surface area contributed by atoms with E-state index in [1.54, 1.807) is 11.1 Å². The van der Waals surface area contributed by atoms with Crippen molar-refractivity contribution >= 4 is 23.7 Å². The van der Waals surface area contributed by atoms with Crippen molar-refractivity contribution in [2.45, 2.75) is 32.6 Å². The molecule has 2 amide bonds. The average Bonchev–Trinajstić information content (AvgIpc) is 2.67. The number of anilines is 1. The van der Waals surface area contributed by atoms with Crippen LogP contribution in [-0.2, 0) is 16.0 Å². The van der Waals surface area contributed by atoms with E-state index in [0.29, 0.717) is 6.54 Å². The molecule has 2 aromatic rings. The molecular formula is C21H23N3O2. The molecule has 0 bridgehead atoms. The highest BCUT2D eigenvalue weighted by Crippen LogP contribution is 2.27. The smallest absolute Gasteiger partial charge is 0.240 e. The molecule has 0 saturated heterocycles. The predicted octanol–water partition coefficient (Wildman–Crippen LogP) is 3.20. The molecule has 0 aromatic heterocycles. The summed E-state index contributed by atoms with van der Waals surface area (Å²) in [4.78, 5) is 26.2. The van der Waals surface area contributed by atoms with Crippen LogP contribution in [0.25, 0.3) is 0 Å². The van der Waals surface area contributed by atoms with Gasteiger partial charge < -0.3 is 4.90 Å². The molecule has 1 heterocycles. The lowest BCUT2D eigenvalue weighted by Gasteiger charge is -2.29. The Kier molecular flexibility index (Phi) is 5.79. The molecule has 1 N–H and O–H groups in total. The van der Waals surface area contributed by atoms with Crippen LogP contribution in [0.1, 0.15) is 36.0 Å². The van der Waals surface area contributed by atoms with E-state index < -0.39 is 0 Å². The van der Waals surface area contributed by atoms with Crippen molar-refractivity contribution in [1.29, 1.82) is 0 Å². The first-order valence-electron chi connectivity index (χ1n) is 8.90. The number of hydrogen-bond donors (Lipinski definition) is 1. The molecule has 0 spiro atoms. The molecule has 0 atom stereocenters. The van der Waals surface area contributed by atoms with Crippen molar-refractivity contribution in [3.63, 3.8) is 0 Å². The van der Waals surface area contributed by atoms with Crippen molar-refractivity contribution in [2.75, 3.05) is 11.4 Å². The van der Waals surface area contributed by atoms with Gasteiger partial charge in [-0.3, -0.25) is 9.59 Å². The average molecular weight is 349 g/mol. The first kappa shape index (κ1) is 17.9. The zero-order chi connectivity index (χ0) is 18.4. The van der Waals surface area contributed by atoms with Crippen molar-refractivity contribution in [3.05, 3.63) is 65.2 Å². The Hall–Kier alpha value is -2.95. The van der Waals surface area contributed by atoms with Gasteiger partial charge in [-0.15, -0.1) is 0 Å². The summed E-state index contributed by atoms with van der Waals surface area (Å²) in [6.07, 6.45) is 3.85. The molecule has 5 nitrogen and oxygen atoms in total. The fourth-order valence-electron chi connectivity index (χ4n) is 3.04. The summed E-state index contributed by atoms with van der Waals surface area (Å²) < 4.78 is 0. The third kappa shape index (κ3) is 4.57. The first-order chi connectivity index (χ1) is 12.6. The van der Waals surface area contributed by atoms with E-state index in [4.69, 9.17) is 0 Å². The molecule has 1 aliphatic rings. The maximum absolute atomic E-state index is 12.5. The van der Waals surface area contributed by atoms with Crippen LogP contribution in [0, 0.1) is 6.92 Å². The lowest BCUT2D eigenvalue weighted by Crippen LogP contribution is -2.36. The van der Waals surface area contributed by atoms with Crippen LogP contribution in [0.5, 0.6) is 0 Å². The molecule has 26 heavy (non-hydrogen) atoms. The largest absolute Gasteiger partial charge is 0.312 e. The molecular weight excluding hydrogens is 326 g/mol. The van der Waals surface area contributed by atoms with Gasteiger partial charge in [-0.2, -0.15) is 5.10 Å². The van der Waals surface area contributed by atoms with Gasteiger partial charge in [0.2, 0.25) is 11.8 Å². The Morgan fingerprint density at radius 1 is 1.12 bits per heavy atom. The number of nitrogens with zero attached hydrogens (tertiary/aromatic N) is 2. The van der Waals surface area contributed by atoms with E-state index in [1.807, 2.05) is 49.4 Å². The number of nitrogens with one attached hydrogen (secondary N) is 1. The molecule has 2 aromatic carbocycles. The fourth-order valence-corrected chi connectivity index (χ4v) is 3.04. The molecule has 0 unspecified atom stereocenters. The number of aryl methyl sites for hydroxylation is 2. The summed E-state index contributed by atoms with van der Waals surface area (Å²) in [7, 11) is 0. The van der Waals surface area contributed by atoms with Gasteiger partial charge in [0, 0.05) is 25.1 Å². The van der Waals surface area contributed by atoms with E-state index in [-0.39, 0.29) is 24.7 Å². The number of benzene rings is 2. The minimum Gasteiger partial charge on any atom is -0.312 e. The monoisotopic (exact) mass is 349 g/mol. The van der Waals surface area contributed by atoms with E-state index in [9.17, 15) is 9.59 Å². The molecule has 0 radical (unpaired) electrons. The van der Waals surface area contributed by atoms with Crippen LogP contribution in [-0.4, -0.2) is 24.6 Å². The second-order valence-corrected chi connectivity index (χ2v) is 6.48. The third-order valence-electron chi connectivity index (χ3n) is 4.46. The zero-order valence-corrected chi connectivity index (χ0v) is 14.9. The summed E-state index contributed by atoms with van der Waals surface area (Å²) in [6, 6.07) is 15.8. The molecule has 0 fully saturated rings. The minimum atomic E-state index is -0.257. The number of para-hydroxylation sites is 1. The summed E-state index contributed by atoms with van der Waals surface area (Å²) in [5.41, 5.74) is 6.73. The Bertz CT molecular complexity index is 812. The lowest BCUT2D eigenvalue weighted by atomic mass is 10.0. The molecule has 0 aliphatic carbocycles. The molecule has 0 saturated carbocycles. The number of carbonyl (C=O) groups excluding carboxylic acids is 2. The number of hydrogen-bond acceptors (Lipinski definition) is 3. The van der Waals surface area contributed by atoms with Crippen LogP contribution >= 0.6 is 0 Å². The maximum Gasteiger partial charge on any atom is 0.240 e. The standard InChI is InChI=1S/C21H23N3O2/c1-16-8-10-17(11-9-16)15-22-23-20(25)12-13-21(26)24-14-4-6-18-5-2-3-7-19(18)24/h2-3,5,7-11,15H,4,6,12-14H2,1H3,(H,23,25). The number of carbonyl (C=O) groups is 2. The van der Waals surface area contributed by atoms with E-state index in [1.165, 1.54) is 11.1 Å². The Labute approximate surface area is 153 Å². The SMILES string of the molecule is Cc1ccc(C=NNC(=O)CCC(=O)N2CCCc3ccccc32)cc1. The Morgan fingerprint density at radius 3 is 2.69 bits per heavy atom. The Morgan fingerprint density at radius 2 is 1.88 bits per heavy atom. The maximum atomic E-state index is 12.5.